The maximum atomic E-state index is 12.6. The first kappa shape index (κ1) is 25.9. The molecule has 9 heteroatoms. The molecule has 0 aliphatic carbocycles. The van der Waals surface area contributed by atoms with Crippen molar-refractivity contribution in [2.75, 3.05) is 18.1 Å². The minimum absolute atomic E-state index is 0. The molecule has 4 rings (SSSR count). The zero-order valence-corrected chi connectivity index (χ0v) is 20.4. The highest BCUT2D eigenvalue weighted by Crippen LogP contribution is 2.42. The maximum absolute atomic E-state index is 12.6. The Balaban J connectivity index is 0.00000342. The van der Waals surface area contributed by atoms with Gasteiger partial charge in [-0.2, -0.15) is 5.10 Å². The van der Waals surface area contributed by atoms with Crippen molar-refractivity contribution in [1.29, 1.82) is 0 Å². The van der Waals surface area contributed by atoms with Crippen LogP contribution in [0, 0.1) is 0 Å². The van der Waals surface area contributed by atoms with E-state index in [1.54, 1.807) is 37.7 Å². The summed E-state index contributed by atoms with van der Waals surface area (Å²) in [6.07, 6.45) is 4.39. The number of rotatable bonds is 5. The van der Waals surface area contributed by atoms with E-state index in [1.807, 2.05) is 24.3 Å². The minimum Gasteiger partial charge on any atom is -0.496 e. The van der Waals surface area contributed by atoms with Gasteiger partial charge in [-0.15, -0.1) is 0 Å². The highest BCUT2D eigenvalue weighted by Gasteiger charge is 2.25. The topological polar surface area (TPSA) is 114 Å². The summed E-state index contributed by atoms with van der Waals surface area (Å²) in [5.74, 6) is 0.696. The standard InChI is InChI=1S/C25H26N4O4S.CH4/c1-25(2,3)21-13-19(18-10-11-27-28-24(18)30)22-20(23(21)33-4)12-16(14-26-22)15-6-8-17(9-7-15)29-34(5,31)32;/h6-14,29H,1-5H3,(H,28,30);1H4. The molecular formula is C26H30N4O4S. The lowest BCUT2D eigenvalue weighted by molar-refractivity contribution is 0.402. The van der Waals surface area contributed by atoms with Crippen LogP contribution in [0.3, 0.4) is 0 Å². The molecular weight excluding hydrogens is 464 g/mol. The smallest absolute Gasteiger partial charge is 0.272 e. The highest BCUT2D eigenvalue weighted by molar-refractivity contribution is 7.92. The van der Waals surface area contributed by atoms with E-state index in [4.69, 9.17) is 9.72 Å². The number of nitrogens with one attached hydrogen (secondary N) is 2. The van der Waals surface area contributed by atoms with Gasteiger partial charge in [0.1, 0.15) is 5.75 Å². The van der Waals surface area contributed by atoms with Gasteiger partial charge in [-0.25, -0.2) is 13.5 Å². The van der Waals surface area contributed by atoms with Crippen LogP contribution >= 0.6 is 0 Å². The third-order valence-electron chi connectivity index (χ3n) is 5.47. The summed E-state index contributed by atoms with van der Waals surface area (Å²) in [5.41, 5.74) is 4.37. The lowest BCUT2D eigenvalue weighted by atomic mass is 9.83. The molecule has 2 aromatic carbocycles. The molecule has 0 aliphatic heterocycles. The Labute approximate surface area is 205 Å². The van der Waals surface area contributed by atoms with Crippen molar-refractivity contribution < 1.29 is 13.2 Å². The Morgan fingerprint density at radius 2 is 1.69 bits per heavy atom. The third kappa shape index (κ3) is 5.35. The van der Waals surface area contributed by atoms with E-state index in [0.29, 0.717) is 28.1 Å². The monoisotopic (exact) mass is 494 g/mol. The van der Waals surface area contributed by atoms with E-state index < -0.39 is 10.0 Å². The maximum Gasteiger partial charge on any atom is 0.272 e. The van der Waals surface area contributed by atoms with Gasteiger partial charge in [0.15, 0.2) is 0 Å². The predicted molar refractivity (Wildman–Crippen MR) is 141 cm³/mol. The number of fused-ring (bicyclic) bond motifs is 1. The first-order chi connectivity index (χ1) is 16.0. The molecule has 0 atom stereocenters. The number of anilines is 1. The van der Waals surface area contributed by atoms with Crippen molar-refractivity contribution in [2.24, 2.45) is 0 Å². The fourth-order valence-electron chi connectivity index (χ4n) is 3.92. The number of ether oxygens (including phenoxy) is 1. The number of hydrogen-bond donors (Lipinski definition) is 2. The van der Waals surface area contributed by atoms with E-state index in [2.05, 4.69) is 35.7 Å². The zero-order valence-electron chi connectivity index (χ0n) is 19.6. The second-order valence-corrected chi connectivity index (χ2v) is 10.9. The van der Waals surface area contributed by atoms with Crippen LogP contribution < -0.4 is 15.0 Å². The van der Waals surface area contributed by atoms with Gasteiger partial charge in [-0.1, -0.05) is 40.3 Å². The second kappa shape index (κ2) is 9.50. The lowest BCUT2D eigenvalue weighted by Crippen LogP contribution is -2.15. The number of benzene rings is 2. The Kier molecular flexibility index (Phi) is 7.03. The Morgan fingerprint density at radius 1 is 1.00 bits per heavy atom. The molecule has 0 bridgehead atoms. The van der Waals surface area contributed by atoms with Gasteiger partial charge in [-0.05, 0) is 41.3 Å². The van der Waals surface area contributed by atoms with E-state index >= 15 is 0 Å². The van der Waals surface area contributed by atoms with Crippen LogP contribution in [0.4, 0.5) is 5.69 Å². The number of nitrogens with zero attached hydrogens (tertiary/aromatic N) is 2. The number of aromatic nitrogens is 3. The fraction of sp³-hybridized carbons (Fsp3) is 0.269. The molecule has 184 valence electrons. The van der Waals surface area contributed by atoms with Gasteiger partial charge >= 0.3 is 0 Å². The first-order valence-electron chi connectivity index (χ1n) is 10.6. The summed E-state index contributed by atoms with van der Waals surface area (Å²) in [6.45, 7) is 6.26. The molecule has 2 aromatic heterocycles. The number of aromatic amines is 1. The van der Waals surface area contributed by atoms with Crippen molar-refractivity contribution >= 4 is 26.6 Å². The fourth-order valence-corrected chi connectivity index (χ4v) is 4.48. The molecule has 0 unspecified atom stereocenters. The Hall–Kier alpha value is -3.72. The van der Waals surface area contributed by atoms with Gasteiger partial charge in [0.2, 0.25) is 10.0 Å². The molecule has 4 aromatic rings. The van der Waals surface area contributed by atoms with Crippen LogP contribution in [-0.2, 0) is 15.4 Å². The van der Waals surface area contributed by atoms with Gasteiger partial charge in [0, 0.05) is 40.2 Å². The van der Waals surface area contributed by atoms with E-state index in [9.17, 15) is 13.2 Å². The van der Waals surface area contributed by atoms with E-state index in [0.717, 1.165) is 28.3 Å². The molecule has 0 aliphatic rings. The van der Waals surface area contributed by atoms with Crippen LogP contribution in [0.1, 0.15) is 33.8 Å². The molecule has 0 amide bonds. The summed E-state index contributed by atoms with van der Waals surface area (Å²) in [5, 5.41) is 7.08. The highest BCUT2D eigenvalue weighted by atomic mass is 32.2. The Morgan fingerprint density at radius 3 is 2.26 bits per heavy atom. The Bertz CT molecular complexity index is 1540. The average Bonchev–Trinajstić information content (AvgIpc) is 2.77. The van der Waals surface area contributed by atoms with Crippen molar-refractivity contribution in [2.45, 2.75) is 33.6 Å². The first-order valence-corrected chi connectivity index (χ1v) is 12.5. The summed E-state index contributed by atoms with van der Waals surface area (Å²) in [7, 11) is -1.73. The molecule has 0 saturated carbocycles. The van der Waals surface area contributed by atoms with Crippen LogP contribution in [0.5, 0.6) is 5.75 Å². The lowest BCUT2D eigenvalue weighted by Gasteiger charge is -2.25. The SMILES string of the molecule is C.COc1c(C(C)(C)C)cc(-c2ccn[nH]c2=O)c2ncc(-c3ccc(NS(C)(=O)=O)cc3)cc12. The number of hydrogen-bond acceptors (Lipinski definition) is 6. The van der Waals surface area contributed by atoms with Crippen molar-refractivity contribution in [3.63, 3.8) is 0 Å². The number of sulfonamides is 1. The summed E-state index contributed by atoms with van der Waals surface area (Å²) < 4.78 is 31.3. The minimum atomic E-state index is -3.36. The number of methoxy groups -OCH3 is 1. The molecule has 35 heavy (non-hydrogen) atoms. The van der Waals surface area contributed by atoms with Gasteiger partial charge < -0.3 is 4.74 Å². The van der Waals surface area contributed by atoms with Gasteiger partial charge in [-0.3, -0.25) is 14.5 Å². The molecule has 0 spiro atoms. The van der Waals surface area contributed by atoms with Crippen LogP contribution in [0.15, 0.2) is 59.7 Å². The second-order valence-electron chi connectivity index (χ2n) is 9.13. The van der Waals surface area contributed by atoms with Crippen LogP contribution in [0.2, 0.25) is 0 Å². The van der Waals surface area contributed by atoms with Crippen molar-refractivity contribution in [3.05, 3.63) is 70.8 Å². The molecule has 8 nitrogen and oxygen atoms in total. The summed E-state index contributed by atoms with van der Waals surface area (Å²) >= 11 is 0. The average molecular weight is 495 g/mol. The normalized spacial score (nSPS) is 11.7. The van der Waals surface area contributed by atoms with Crippen LogP contribution in [0.25, 0.3) is 33.2 Å². The number of H-pyrrole nitrogens is 1. The van der Waals surface area contributed by atoms with E-state index in [-0.39, 0.29) is 18.4 Å². The molecule has 2 heterocycles. The van der Waals surface area contributed by atoms with Gasteiger partial charge in [0.25, 0.3) is 5.56 Å². The van der Waals surface area contributed by atoms with E-state index in [1.165, 1.54) is 0 Å². The molecule has 0 fully saturated rings. The van der Waals surface area contributed by atoms with Gasteiger partial charge in [0.05, 0.1) is 24.4 Å². The summed E-state index contributed by atoms with van der Waals surface area (Å²) in [4.78, 5) is 17.3. The number of pyridine rings is 1. The third-order valence-corrected chi connectivity index (χ3v) is 6.08. The van der Waals surface area contributed by atoms with Crippen molar-refractivity contribution in [1.82, 2.24) is 15.2 Å². The van der Waals surface area contributed by atoms with Crippen LogP contribution in [-0.4, -0.2) is 37.0 Å². The molecule has 2 N–H and O–H groups in total. The molecule has 0 radical (unpaired) electrons. The largest absolute Gasteiger partial charge is 0.496 e. The van der Waals surface area contributed by atoms with Crippen molar-refractivity contribution in [3.8, 4) is 28.0 Å². The quantitative estimate of drug-likeness (QED) is 0.405. The summed E-state index contributed by atoms with van der Waals surface area (Å²) in [6, 6.07) is 12.7. The predicted octanol–water partition coefficient (Wildman–Crippen LogP) is 4.97. The molecule has 0 saturated heterocycles. The zero-order chi connectivity index (χ0) is 24.7.